The summed E-state index contributed by atoms with van der Waals surface area (Å²) in [6, 6.07) is 7.05. The molecule has 5 nitrogen and oxygen atoms in total. The average molecular weight is 303 g/mol. The first-order valence-corrected chi connectivity index (χ1v) is 7.49. The second-order valence-corrected chi connectivity index (χ2v) is 5.48. The molecule has 0 radical (unpaired) electrons. The molecule has 0 N–H and O–H groups in total. The maximum atomic E-state index is 12.2. The van der Waals surface area contributed by atoms with Gasteiger partial charge in [0, 0.05) is 6.54 Å². The molecule has 0 aromatic heterocycles. The van der Waals surface area contributed by atoms with Crippen molar-refractivity contribution in [1.29, 1.82) is 0 Å². The molecule has 0 aliphatic carbocycles. The third kappa shape index (κ3) is 3.03. The maximum Gasteiger partial charge on any atom is 0.410 e. The van der Waals surface area contributed by atoms with Crippen molar-refractivity contribution in [2.45, 2.75) is 33.2 Å². The van der Waals surface area contributed by atoms with Gasteiger partial charge in [0.25, 0.3) is 0 Å². The molecule has 1 aliphatic rings. The number of Topliss-reactive ketones (excluding diaryl/α,β-unsaturated/α-hetero) is 2. The van der Waals surface area contributed by atoms with E-state index < -0.39 is 18.1 Å². The second-order valence-electron chi connectivity index (χ2n) is 5.48. The molecule has 0 saturated heterocycles. The van der Waals surface area contributed by atoms with Gasteiger partial charge in [-0.15, -0.1) is 0 Å². The quantitative estimate of drug-likeness (QED) is 0.802. The number of nitrogens with zero attached hydrogens (tertiary/aromatic N) is 1. The summed E-state index contributed by atoms with van der Waals surface area (Å²) in [6.45, 7) is 5.23. The number of ether oxygens (including phenoxy) is 1. The van der Waals surface area contributed by atoms with Crippen molar-refractivity contribution in [1.82, 2.24) is 4.90 Å². The van der Waals surface area contributed by atoms with Gasteiger partial charge in [0.2, 0.25) is 0 Å². The van der Waals surface area contributed by atoms with Crippen LogP contribution in [0.5, 0.6) is 0 Å². The Kier molecular flexibility index (Phi) is 4.96. The van der Waals surface area contributed by atoms with Crippen LogP contribution in [-0.4, -0.2) is 35.7 Å². The van der Waals surface area contributed by atoms with Gasteiger partial charge in [-0.05, 0) is 38.3 Å². The molecule has 1 aromatic rings. The zero-order valence-electron chi connectivity index (χ0n) is 13.2. The number of amides is 1. The molecule has 118 valence electrons. The molecule has 0 bridgehead atoms. The highest BCUT2D eigenvalue weighted by atomic mass is 16.6. The molecule has 0 spiro atoms. The predicted molar refractivity (Wildman–Crippen MR) is 81.5 cm³/mol. The fourth-order valence-corrected chi connectivity index (χ4v) is 3.10. The van der Waals surface area contributed by atoms with E-state index in [1.807, 2.05) is 24.3 Å². The van der Waals surface area contributed by atoms with Gasteiger partial charge in [-0.25, -0.2) is 4.79 Å². The molecule has 1 unspecified atom stereocenters. The largest absolute Gasteiger partial charge is 0.450 e. The van der Waals surface area contributed by atoms with Crippen molar-refractivity contribution in [2.75, 3.05) is 13.2 Å². The summed E-state index contributed by atoms with van der Waals surface area (Å²) in [7, 11) is 0. The third-order valence-electron chi connectivity index (χ3n) is 4.03. The van der Waals surface area contributed by atoms with E-state index in [9.17, 15) is 14.4 Å². The van der Waals surface area contributed by atoms with Crippen molar-refractivity contribution in [3.63, 3.8) is 0 Å². The highest BCUT2D eigenvalue weighted by Gasteiger charge is 2.41. The van der Waals surface area contributed by atoms with Gasteiger partial charge in [-0.3, -0.25) is 14.5 Å². The van der Waals surface area contributed by atoms with Crippen LogP contribution in [0.2, 0.25) is 0 Å². The van der Waals surface area contributed by atoms with Gasteiger partial charge in [0.1, 0.15) is 17.5 Å². The molecular formula is C17H21NO4. The second kappa shape index (κ2) is 6.73. The number of fused-ring (bicyclic) bond motifs is 1. The fraction of sp³-hybridized carbons (Fsp3) is 0.471. The molecular weight excluding hydrogens is 282 g/mol. The first kappa shape index (κ1) is 16.2. The Bertz CT molecular complexity index is 582. The fourth-order valence-electron chi connectivity index (χ4n) is 3.10. The number of carbonyl (C=O) groups excluding carboxylic acids is 3. The number of hydrogen-bond acceptors (Lipinski definition) is 4. The van der Waals surface area contributed by atoms with Crippen LogP contribution >= 0.6 is 0 Å². The van der Waals surface area contributed by atoms with Crippen LogP contribution in [0.25, 0.3) is 0 Å². The Morgan fingerprint density at radius 1 is 1.23 bits per heavy atom. The molecule has 0 fully saturated rings. The summed E-state index contributed by atoms with van der Waals surface area (Å²) in [5, 5.41) is 0. The lowest BCUT2D eigenvalue weighted by atomic mass is 9.81. The summed E-state index contributed by atoms with van der Waals surface area (Å²) in [5.74, 6) is -1.32. The van der Waals surface area contributed by atoms with Gasteiger partial charge in [0.15, 0.2) is 0 Å². The minimum absolute atomic E-state index is 0.233. The number of carbonyl (C=O) groups is 3. The Balaban J connectivity index is 2.50. The molecule has 0 saturated carbocycles. The highest BCUT2D eigenvalue weighted by Crippen LogP contribution is 2.36. The van der Waals surface area contributed by atoms with Crippen molar-refractivity contribution >= 4 is 17.7 Å². The van der Waals surface area contributed by atoms with Crippen LogP contribution < -0.4 is 0 Å². The number of benzene rings is 1. The summed E-state index contributed by atoms with van der Waals surface area (Å²) in [4.78, 5) is 37.8. The topological polar surface area (TPSA) is 63.7 Å². The summed E-state index contributed by atoms with van der Waals surface area (Å²) >= 11 is 0. The molecule has 1 amide bonds. The van der Waals surface area contributed by atoms with Gasteiger partial charge >= 0.3 is 6.09 Å². The SMILES string of the molecule is CCOC(=O)N1CCc2ccccc2C1C(C(C)=O)C(C)=O. The van der Waals surface area contributed by atoms with E-state index in [-0.39, 0.29) is 18.2 Å². The zero-order valence-corrected chi connectivity index (χ0v) is 13.2. The van der Waals surface area contributed by atoms with E-state index in [0.717, 1.165) is 11.1 Å². The summed E-state index contributed by atoms with van der Waals surface area (Å²) < 4.78 is 5.10. The first-order valence-electron chi connectivity index (χ1n) is 7.49. The zero-order chi connectivity index (χ0) is 16.3. The highest BCUT2D eigenvalue weighted by molar-refractivity contribution is 6.01. The molecule has 1 aliphatic heterocycles. The molecule has 22 heavy (non-hydrogen) atoms. The molecule has 2 rings (SSSR count). The van der Waals surface area contributed by atoms with Crippen molar-refractivity contribution in [3.05, 3.63) is 35.4 Å². The van der Waals surface area contributed by atoms with E-state index in [4.69, 9.17) is 4.74 Å². The van der Waals surface area contributed by atoms with Gasteiger partial charge in [-0.2, -0.15) is 0 Å². The van der Waals surface area contributed by atoms with E-state index in [2.05, 4.69) is 0 Å². The average Bonchev–Trinajstić information content (AvgIpc) is 2.47. The van der Waals surface area contributed by atoms with Crippen LogP contribution in [0, 0.1) is 5.92 Å². The molecule has 1 aromatic carbocycles. The van der Waals surface area contributed by atoms with Gasteiger partial charge in [-0.1, -0.05) is 24.3 Å². The summed E-state index contributed by atoms with van der Waals surface area (Å²) in [6.07, 6.45) is 0.211. The van der Waals surface area contributed by atoms with Crippen LogP contribution in [0.1, 0.15) is 37.9 Å². The van der Waals surface area contributed by atoms with Gasteiger partial charge < -0.3 is 4.74 Å². The lowest BCUT2D eigenvalue weighted by molar-refractivity contribution is -0.133. The van der Waals surface area contributed by atoms with E-state index in [1.54, 1.807) is 6.92 Å². The number of ketones is 2. The van der Waals surface area contributed by atoms with Crippen molar-refractivity contribution < 1.29 is 19.1 Å². The van der Waals surface area contributed by atoms with Crippen LogP contribution in [0.3, 0.4) is 0 Å². The Morgan fingerprint density at radius 2 is 1.86 bits per heavy atom. The van der Waals surface area contributed by atoms with E-state index >= 15 is 0 Å². The van der Waals surface area contributed by atoms with Crippen LogP contribution in [-0.2, 0) is 20.7 Å². The first-order chi connectivity index (χ1) is 10.5. The van der Waals surface area contributed by atoms with Crippen LogP contribution in [0.4, 0.5) is 4.79 Å². The molecule has 1 heterocycles. The minimum atomic E-state index is -0.856. The Morgan fingerprint density at radius 3 is 2.45 bits per heavy atom. The number of rotatable bonds is 4. The maximum absolute atomic E-state index is 12.2. The molecule has 5 heteroatoms. The van der Waals surface area contributed by atoms with Crippen LogP contribution in [0.15, 0.2) is 24.3 Å². The van der Waals surface area contributed by atoms with Crippen molar-refractivity contribution in [3.8, 4) is 0 Å². The monoisotopic (exact) mass is 303 g/mol. The van der Waals surface area contributed by atoms with Gasteiger partial charge in [0.05, 0.1) is 12.6 Å². The van der Waals surface area contributed by atoms with E-state index in [1.165, 1.54) is 18.7 Å². The molecule has 1 atom stereocenters. The standard InChI is InChI=1S/C17H21NO4/c1-4-22-17(21)18-10-9-13-7-5-6-8-14(13)16(18)15(11(2)19)12(3)20/h5-8,15-16H,4,9-10H2,1-3H3. The predicted octanol–water partition coefficient (Wildman–Crippen LogP) is 2.54. The third-order valence-corrected chi connectivity index (χ3v) is 4.03. The lowest BCUT2D eigenvalue weighted by Gasteiger charge is -2.39. The lowest BCUT2D eigenvalue weighted by Crippen LogP contribution is -2.46. The number of hydrogen-bond donors (Lipinski definition) is 0. The Hall–Kier alpha value is -2.17. The van der Waals surface area contributed by atoms with E-state index in [0.29, 0.717) is 13.0 Å². The summed E-state index contributed by atoms with van der Waals surface area (Å²) in [5.41, 5.74) is 1.93. The normalized spacial score (nSPS) is 17.1. The van der Waals surface area contributed by atoms with Crippen molar-refractivity contribution in [2.24, 2.45) is 5.92 Å². The smallest absolute Gasteiger partial charge is 0.410 e. The minimum Gasteiger partial charge on any atom is -0.450 e. The Labute approximate surface area is 130 Å².